The Balaban J connectivity index is 2.23. The molecule has 0 aromatic heterocycles. The van der Waals surface area contributed by atoms with E-state index < -0.39 is 22.6 Å². The Morgan fingerprint density at radius 2 is 1.73 bits per heavy atom. The van der Waals surface area contributed by atoms with Crippen molar-refractivity contribution in [2.75, 3.05) is 0 Å². The van der Waals surface area contributed by atoms with Crippen molar-refractivity contribution >= 4 is 11.4 Å². The van der Waals surface area contributed by atoms with Gasteiger partial charge in [0.15, 0.2) is 0 Å². The molecule has 2 fully saturated rings. The van der Waals surface area contributed by atoms with Crippen LogP contribution < -0.4 is 0 Å². The molecule has 2 nitrogen and oxygen atoms in total. The quantitative estimate of drug-likeness (QED) is 0.813. The van der Waals surface area contributed by atoms with E-state index in [2.05, 4.69) is 4.99 Å². The number of nitrogens with zero attached hydrogens (tertiary/aromatic N) is 1. The van der Waals surface area contributed by atoms with Gasteiger partial charge in [-0.1, -0.05) is 39.0 Å². The number of hydrogen-bond acceptors (Lipinski definition) is 2. The van der Waals surface area contributed by atoms with E-state index in [1.165, 1.54) is 0 Å². The van der Waals surface area contributed by atoms with Crippen LogP contribution in [-0.2, 0) is 0 Å². The van der Waals surface area contributed by atoms with Crippen LogP contribution in [0.3, 0.4) is 0 Å². The number of fused-ring (bicyclic) bond motifs is 2. The van der Waals surface area contributed by atoms with Crippen LogP contribution in [0.2, 0.25) is 0 Å². The lowest BCUT2D eigenvalue weighted by Crippen LogP contribution is -2.61. The molecule has 0 radical (unpaired) electrons. The lowest BCUT2D eigenvalue weighted by molar-refractivity contribution is -0.273. The number of aliphatic hydroxyl groups is 1. The Morgan fingerprint density at radius 1 is 1.14 bits per heavy atom. The number of benzene rings is 1. The molecule has 0 spiro atoms. The van der Waals surface area contributed by atoms with Crippen molar-refractivity contribution in [3.05, 3.63) is 30.3 Å². The summed E-state index contributed by atoms with van der Waals surface area (Å²) in [5, 5.41) is 10.8. The van der Waals surface area contributed by atoms with Gasteiger partial charge in [-0.3, -0.25) is 4.99 Å². The maximum Gasteiger partial charge on any atom is 0.423 e. The van der Waals surface area contributed by atoms with Gasteiger partial charge < -0.3 is 5.11 Å². The van der Waals surface area contributed by atoms with Gasteiger partial charge in [0, 0.05) is 11.3 Å². The second kappa shape index (κ2) is 4.34. The molecule has 2 aliphatic carbocycles. The summed E-state index contributed by atoms with van der Waals surface area (Å²) in [6, 6.07) is 8.56. The minimum absolute atomic E-state index is 0.120. The predicted molar refractivity (Wildman–Crippen MR) is 79.2 cm³/mol. The van der Waals surface area contributed by atoms with Crippen molar-refractivity contribution in [1.29, 1.82) is 0 Å². The van der Waals surface area contributed by atoms with E-state index in [1.54, 1.807) is 37.3 Å². The van der Waals surface area contributed by atoms with Gasteiger partial charge in [0.2, 0.25) is 5.60 Å². The van der Waals surface area contributed by atoms with E-state index >= 15 is 0 Å². The Hall–Kier alpha value is -1.36. The predicted octanol–water partition coefficient (Wildman–Crippen LogP) is 4.51. The Bertz CT molecular complexity index is 623. The second-order valence-corrected chi connectivity index (χ2v) is 7.19. The van der Waals surface area contributed by atoms with Gasteiger partial charge in [0.05, 0.1) is 11.4 Å². The largest absolute Gasteiger partial charge is 0.423 e. The molecule has 120 valence electrons. The standard InChI is InChI=1S/C17H20F3NO/c1-14(2)12-9-10-15(14,3)16(22,17(18,19)20)13(12)21-11-7-5-4-6-8-11/h4-8,12,22H,9-10H2,1-3H3/t12-,15-,16-/m1/s1. The van der Waals surface area contributed by atoms with Gasteiger partial charge in [0.1, 0.15) is 0 Å². The maximum absolute atomic E-state index is 13.8. The average molecular weight is 311 g/mol. The fourth-order valence-corrected chi connectivity index (χ4v) is 4.42. The third-order valence-electron chi connectivity index (χ3n) is 6.14. The zero-order valence-corrected chi connectivity index (χ0v) is 12.9. The molecule has 0 aliphatic heterocycles. The van der Waals surface area contributed by atoms with Crippen LogP contribution in [0.1, 0.15) is 33.6 Å². The third-order valence-corrected chi connectivity index (χ3v) is 6.14. The summed E-state index contributed by atoms with van der Waals surface area (Å²) in [6.45, 7) is 5.18. The van der Waals surface area contributed by atoms with Crippen LogP contribution in [0.15, 0.2) is 35.3 Å². The maximum atomic E-state index is 13.8. The van der Waals surface area contributed by atoms with Crippen molar-refractivity contribution in [2.24, 2.45) is 21.7 Å². The van der Waals surface area contributed by atoms with Crippen molar-refractivity contribution in [2.45, 2.75) is 45.4 Å². The molecule has 2 saturated carbocycles. The Labute approximate surface area is 128 Å². The zero-order chi connectivity index (χ0) is 16.4. The molecule has 0 unspecified atom stereocenters. The molecule has 22 heavy (non-hydrogen) atoms. The van der Waals surface area contributed by atoms with Gasteiger partial charge in [-0.15, -0.1) is 0 Å². The van der Waals surface area contributed by atoms with Crippen molar-refractivity contribution in [1.82, 2.24) is 0 Å². The number of alkyl halides is 3. The van der Waals surface area contributed by atoms with Crippen LogP contribution in [0, 0.1) is 16.7 Å². The van der Waals surface area contributed by atoms with E-state index in [-0.39, 0.29) is 11.6 Å². The summed E-state index contributed by atoms with van der Waals surface area (Å²) < 4.78 is 41.4. The number of rotatable bonds is 1. The minimum atomic E-state index is -4.73. The monoisotopic (exact) mass is 311 g/mol. The summed E-state index contributed by atoms with van der Waals surface area (Å²) in [4.78, 5) is 4.25. The summed E-state index contributed by atoms with van der Waals surface area (Å²) >= 11 is 0. The van der Waals surface area contributed by atoms with Crippen molar-refractivity contribution in [3.8, 4) is 0 Å². The smallest absolute Gasteiger partial charge is 0.375 e. The topological polar surface area (TPSA) is 32.6 Å². The van der Waals surface area contributed by atoms with E-state index in [4.69, 9.17) is 0 Å². The van der Waals surface area contributed by atoms with Gasteiger partial charge in [-0.2, -0.15) is 13.2 Å². The zero-order valence-electron chi connectivity index (χ0n) is 12.9. The molecule has 5 heteroatoms. The molecule has 1 aromatic rings. The van der Waals surface area contributed by atoms with Crippen LogP contribution in [0.25, 0.3) is 0 Å². The summed E-state index contributed by atoms with van der Waals surface area (Å²) in [5.41, 5.74) is -4.43. The van der Waals surface area contributed by atoms with Crippen LogP contribution >= 0.6 is 0 Å². The van der Waals surface area contributed by atoms with E-state index in [1.807, 2.05) is 13.8 Å². The van der Waals surface area contributed by atoms with Crippen molar-refractivity contribution in [3.63, 3.8) is 0 Å². The summed E-state index contributed by atoms with van der Waals surface area (Å²) in [7, 11) is 0. The Morgan fingerprint density at radius 3 is 2.27 bits per heavy atom. The molecular formula is C17H20F3NO. The average Bonchev–Trinajstić information content (AvgIpc) is 2.73. The Kier molecular flexibility index (Phi) is 3.07. The van der Waals surface area contributed by atoms with E-state index in [0.29, 0.717) is 18.5 Å². The van der Waals surface area contributed by atoms with Crippen LogP contribution in [-0.4, -0.2) is 22.6 Å². The van der Waals surface area contributed by atoms with E-state index in [0.717, 1.165) is 0 Å². The number of halogens is 3. The highest BCUT2D eigenvalue weighted by molar-refractivity contribution is 6.02. The molecule has 3 rings (SSSR count). The first kappa shape index (κ1) is 15.5. The highest BCUT2D eigenvalue weighted by Crippen LogP contribution is 2.71. The lowest BCUT2D eigenvalue weighted by atomic mass is 9.64. The van der Waals surface area contributed by atoms with Crippen molar-refractivity contribution < 1.29 is 18.3 Å². The first-order valence-electron chi connectivity index (χ1n) is 7.49. The number of hydrogen-bond donors (Lipinski definition) is 1. The van der Waals surface area contributed by atoms with Gasteiger partial charge in [0.25, 0.3) is 0 Å². The fraction of sp³-hybridized carbons (Fsp3) is 0.588. The minimum Gasteiger partial charge on any atom is -0.375 e. The molecule has 1 aromatic carbocycles. The molecule has 0 saturated heterocycles. The fourth-order valence-electron chi connectivity index (χ4n) is 4.42. The molecule has 3 atom stereocenters. The highest BCUT2D eigenvalue weighted by atomic mass is 19.4. The highest BCUT2D eigenvalue weighted by Gasteiger charge is 2.80. The normalized spacial score (nSPS) is 38.7. The summed E-state index contributed by atoms with van der Waals surface area (Å²) in [5.74, 6) is -0.357. The second-order valence-electron chi connectivity index (χ2n) is 7.19. The number of aliphatic imine (C=N–C) groups is 1. The third kappa shape index (κ3) is 1.63. The molecule has 0 amide bonds. The SMILES string of the molecule is CC1(C)[C@@H]2CC[C@@]1(C)[C@@](O)(C(F)(F)F)C2=Nc1ccccc1. The molecule has 0 heterocycles. The summed E-state index contributed by atoms with van der Waals surface area (Å²) in [6.07, 6.45) is -3.75. The molecule has 2 aliphatic rings. The van der Waals surface area contributed by atoms with Gasteiger partial charge in [-0.25, -0.2) is 0 Å². The molecular weight excluding hydrogens is 291 g/mol. The van der Waals surface area contributed by atoms with Gasteiger partial charge >= 0.3 is 6.18 Å². The number of para-hydroxylation sites is 1. The van der Waals surface area contributed by atoms with Crippen LogP contribution in [0.5, 0.6) is 0 Å². The molecule has 1 N–H and O–H groups in total. The van der Waals surface area contributed by atoms with E-state index in [9.17, 15) is 18.3 Å². The van der Waals surface area contributed by atoms with Crippen LogP contribution in [0.4, 0.5) is 18.9 Å². The molecule has 2 bridgehead atoms. The van der Waals surface area contributed by atoms with Gasteiger partial charge in [-0.05, 0) is 30.4 Å². The first-order valence-corrected chi connectivity index (χ1v) is 7.49. The first-order chi connectivity index (χ1) is 10.1. The lowest BCUT2D eigenvalue weighted by Gasteiger charge is -2.45.